The number of hydrogen-bond acceptors (Lipinski definition) is 2. The lowest BCUT2D eigenvalue weighted by Gasteiger charge is -2.16. The van der Waals surface area contributed by atoms with E-state index in [2.05, 4.69) is 0 Å². The highest BCUT2D eigenvalue weighted by molar-refractivity contribution is 4.57. The monoisotopic (exact) mass is 132 g/mol. The number of aliphatic hydroxyl groups is 1. The Morgan fingerprint density at radius 2 is 2.00 bits per heavy atom. The van der Waals surface area contributed by atoms with Gasteiger partial charge in [0.05, 0.1) is 6.10 Å². The highest BCUT2D eigenvalue weighted by Crippen LogP contribution is 2.04. The van der Waals surface area contributed by atoms with E-state index in [0.29, 0.717) is 0 Å². The second kappa shape index (κ2) is 4.77. The first kappa shape index (κ1) is 8.92. The van der Waals surface area contributed by atoms with Crippen molar-refractivity contribution in [1.82, 2.24) is 0 Å². The molecule has 56 valence electrons. The standard InChI is InChI=1S/C7H16O2/c1-4-9-7(3)6(2)5-8/h6-8H,4-5H2,1-3H3/t6-,7+/m1/s1. The molecule has 0 bridgehead atoms. The SMILES string of the molecule is CCO[C@@H](C)[C@H](C)CO. The van der Waals surface area contributed by atoms with Crippen LogP contribution in [0, 0.1) is 5.92 Å². The molecule has 0 aliphatic heterocycles. The van der Waals surface area contributed by atoms with Gasteiger partial charge in [0.25, 0.3) is 0 Å². The van der Waals surface area contributed by atoms with Crippen molar-refractivity contribution in [3.8, 4) is 0 Å². The molecule has 2 atom stereocenters. The van der Waals surface area contributed by atoms with Crippen molar-refractivity contribution < 1.29 is 9.84 Å². The zero-order chi connectivity index (χ0) is 7.28. The predicted octanol–water partition coefficient (Wildman–Crippen LogP) is 1.04. The summed E-state index contributed by atoms with van der Waals surface area (Å²) in [6.45, 7) is 6.85. The first-order valence-electron chi connectivity index (χ1n) is 3.44. The van der Waals surface area contributed by atoms with Gasteiger partial charge in [-0.3, -0.25) is 0 Å². The van der Waals surface area contributed by atoms with E-state index in [1.54, 1.807) is 0 Å². The molecule has 0 aromatic carbocycles. The van der Waals surface area contributed by atoms with E-state index in [0.717, 1.165) is 6.61 Å². The van der Waals surface area contributed by atoms with Gasteiger partial charge < -0.3 is 9.84 Å². The summed E-state index contributed by atoms with van der Waals surface area (Å²) >= 11 is 0. The largest absolute Gasteiger partial charge is 0.396 e. The molecule has 0 fully saturated rings. The summed E-state index contributed by atoms with van der Waals surface area (Å²) in [5.74, 6) is 0.255. The van der Waals surface area contributed by atoms with Crippen LogP contribution in [0.1, 0.15) is 20.8 Å². The zero-order valence-corrected chi connectivity index (χ0v) is 6.42. The van der Waals surface area contributed by atoms with Crippen molar-refractivity contribution in [2.45, 2.75) is 26.9 Å². The van der Waals surface area contributed by atoms with E-state index >= 15 is 0 Å². The Morgan fingerprint density at radius 1 is 1.44 bits per heavy atom. The van der Waals surface area contributed by atoms with Gasteiger partial charge in [-0.15, -0.1) is 0 Å². The summed E-state index contributed by atoms with van der Waals surface area (Å²) in [5, 5.41) is 8.65. The van der Waals surface area contributed by atoms with Gasteiger partial charge in [-0.1, -0.05) is 6.92 Å². The lowest BCUT2D eigenvalue weighted by molar-refractivity contribution is 0.0189. The molecule has 0 unspecified atom stereocenters. The summed E-state index contributed by atoms with van der Waals surface area (Å²) in [6.07, 6.45) is 0.181. The Labute approximate surface area is 56.8 Å². The summed E-state index contributed by atoms with van der Waals surface area (Å²) in [5.41, 5.74) is 0. The van der Waals surface area contributed by atoms with Crippen LogP contribution in [0.4, 0.5) is 0 Å². The molecule has 0 rings (SSSR count). The van der Waals surface area contributed by atoms with Crippen molar-refractivity contribution in [2.75, 3.05) is 13.2 Å². The van der Waals surface area contributed by atoms with Crippen molar-refractivity contribution in [1.29, 1.82) is 0 Å². The van der Waals surface area contributed by atoms with Gasteiger partial charge in [-0.2, -0.15) is 0 Å². The summed E-state index contributed by atoms with van der Waals surface area (Å²) in [7, 11) is 0. The van der Waals surface area contributed by atoms with E-state index in [9.17, 15) is 0 Å². The van der Waals surface area contributed by atoms with Crippen LogP contribution in [0.15, 0.2) is 0 Å². The van der Waals surface area contributed by atoms with E-state index in [-0.39, 0.29) is 18.6 Å². The van der Waals surface area contributed by atoms with Crippen molar-refractivity contribution in [2.24, 2.45) is 5.92 Å². The molecule has 0 saturated carbocycles. The zero-order valence-electron chi connectivity index (χ0n) is 6.42. The minimum absolute atomic E-state index is 0.181. The van der Waals surface area contributed by atoms with E-state index < -0.39 is 0 Å². The first-order valence-corrected chi connectivity index (χ1v) is 3.44. The predicted molar refractivity (Wildman–Crippen MR) is 37.3 cm³/mol. The average molecular weight is 132 g/mol. The van der Waals surface area contributed by atoms with Crippen molar-refractivity contribution in [3.05, 3.63) is 0 Å². The molecule has 0 aliphatic rings. The Morgan fingerprint density at radius 3 is 2.33 bits per heavy atom. The quantitative estimate of drug-likeness (QED) is 0.619. The smallest absolute Gasteiger partial charge is 0.0594 e. The van der Waals surface area contributed by atoms with E-state index in [4.69, 9.17) is 9.84 Å². The number of rotatable bonds is 4. The van der Waals surface area contributed by atoms with Crippen molar-refractivity contribution >= 4 is 0 Å². The molecule has 0 heterocycles. The third kappa shape index (κ3) is 3.49. The summed E-state index contributed by atoms with van der Waals surface area (Å²) < 4.78 is 5.23. The molecule has 0 saturated heterocycles. The molecular weight excluding hydrogens is 116 g/mol. The maximum Gasteiger partial charge on any atom is 0.0594 e. The fourth-order valence-corrected chi connectivity index (χ4v) is 0.576. The molecule has 1 N–H and O–H groups in total. The molecule has 0 aromatic rings. The Balaban J connectivity index is 3.32. The third-order valence-electron chi connectivity index (χ3n) is 1.52. The molecule has 0 amide bonds. The van der Waals surface area contributed by atoms with Crippen molar-refractivity contribution in [3.63, 3.8) is 0 Å². The Bertz CT molecular complexity index is 63.9. The molecule has 0 aliphatic carbocycles. The van der Waals surface area contributed by atoms with Crippen LogP contribution >= 0.6 is 0 Å². The van der Waals surface area contributed by atoms with Crippen LogP contribution in [0.3, 0.4) is 0 Å². The first-order chi connectivity index (χ1) is 4.22. The minimum atomic E-state index is 0.181. The molecule has 0 radical (unpaired) electrons. The highest BCUT2D eigenvalue weighted by atomic mass is 16.5. The maximum atomic E-state index is 8.65. The van der Waals surface area contributed by atoms with Crippen LogP contribution in [0.5, 0.6) is 0 Å². The van der Waals surface area contributed by atoms with Crippen LogP contribution in [-0.4, -0.2) is 24.4 Å². The fraction of sp³-hybridized carbons (Fsp3) is 1.00. The van der Waals surface area contributed by atoms with Gasteiger partial charge in [0, 0.05) is 19.1 Å². The second-order valence-electron chi connectivity index (χ2n) is 2.32. The van der Waals surface area contributed by atoms with E-state index in [1.165, 1.54) is 0 Å². The van der Waals surface area contributed by atoms with Gasteiger partial charge >= 0.3 is 0 Å². The summed E-state index contributed by atoms with van der Waals surface area (Å²) in [4.78, 5) is 0. The van der Waals surface area contributed by atoms with E-state index in [1.807, 2.05) is 20.8 Å². The number of hydrogen-bond donors (Lipinski definition) is 1. The van der Waals surface area contributed by atoms with Gasteiger partial charge in [-0.25, -0.2) is 0 Å². The fourth-order valence-electron chi connectivity index (χ4n) is 0.576. The van der Waals surface area contributed by atoms with Crippen LogP contribution in [0.2, 0.25) is 0 Å². The lowest BCUT2D eigenvalue weighted by Crippen LogP contribution is -2.20. The Hall–Kier alpha value is -0.0800. The van der Waals surface area contributed by atoms with Gasteiger partial charge in [0.15, 0.2) is 0 Å². The third-order valence-corrected chi connectivity index (χ3v) is 1.52. The van der Waals surface area contributed by atoms with Crippen LogP contribution in [-0.2, 0) is 4.74 Å². The number of ether oxygens (including phenoxy) is 1. The summed E-state index contributed by atoms with van der Waals surface area (Å²) in [6, 6.07) is 0. The normalized spacial score (nSPS) is 17.3. The van der Waals surface area contributed by atoms with Gasteiger partial charge in [-0.05, 0) is 13.8 Å². The second-order valence-corrected chi connectivity index (χ2v) is 2.32. The minimum Gasteiger partial charge on any atom is -0.396 e. The Kier molecular flexibility index (Phi) is 4.72. The molecular formula is C7H16O2. The number of aliphatic hydroxyl groups excluding tert-OH is 1. The van der Waals surface area contributed by atoms with Gasteiger partial charge in [0.1, 0.15) is 0 Å². The molecule has 2 nitrogen and oxygen atoms in total. The molecule has 0 spiro atoms. The topological polar surface area (TPSA) is 29.5 Å². The average Bonchev–Trinajstić information content (AvgIpc) is 1.87. The maximum absolute atomic E-state index is 8.65. The molecule has 0 aromatic heterocycles. The van der Waals surface area contributed by atoms with Gasteiger partial charge in [0.2, 0.25) is 0 Å². The lowest BCUT2D eigenvalue weighted by atomic mass is 10.1. The van der Waals surface area contributed by atoms with Crippen LogP contribution in [0.25, 0.3) is 0 Å². The molecule has 9 heavy (non-hydrogen) atoms. The highest BCUT2D eigenvalue weighted by Gasteiger charge is 2.09. The van der Waals surface area contributed by atoms with Crippen LogP contribution < -0.4 is 0 Å². The molecule has 2 heteroatoms.